The number of rotatable bonds is 5. The van der Waals surface area contributed by atoms with Gasteiger partial charge in [-0.05, 0) is 32.8 Å². The highest BCUT2D eigenvalue weighted by atomic mass is 16.5. The van der Waals surface area contributed by atoms with Crippen molar-refractivity contribution in [1.29, 1.82) is 0 Å². The van der Waals surface area contributed by atoms with Crippen LogP contribution in [0.3, 0.4) is 0 Å². The summed E-state index contributed by atoms with van der Waals surface area (Å²) in [6.07, 6.45) is 0.643. The van der Waals surface area contributed by atoms with Crippen molar-refractivity contribution in [3.63, 3.8) is 0 Å². The molecule has 4 nitrogen and oxygen atoms in total. The van der Waals surface area contributed by atoms with E-state index in [-0.39, 0.29) is 29.9 Å². The molecule has 0 saturated carbocycles. The number of hydrogen-bond acceptors (Lipinski definition) is 3. The molecule has 1 aromatic rings. The van der Waals surface area contributed by atoms with Crippen LogP contribution in [-0.2, 0) is 14.3 Å². The Bertz CT molecular complexity index is 449. The molecule has 4 heteroatoms. The first-order valence-corrected chi connectivity index (χ1v) is 6.86. The van der Waals surface area contributed by atoms with E-state index in [1.165, 1.54) is 0 Å². The summed E-state index contributed by atoms with van der Waals surface area (Å²) in [5.74, 6) is -0.963. The maximum absolute atomic E-state index is 12.0. The van der Waals surface area contributed by atoms with Crippen LogP contribution in [-0.4, -0.2) is 24.0 Å². The second-order valence-electron chi connectivity index (χ2n) is 5.78. The molecule has 0 aliphatic rings. The van der Waals surface area contributed by atoms with Gasteiger partial charge < -0.3 is 10.1 Å². The first-order chi connectivity index (χ1) is 9.33. The van der Waals surface area contributed by atoms with Gasteiger partial charge in [-0.3, -0.25) is 9.59 Å². The van der Waals surface area contributed by atoms with Crippen LogP contribution >= 0.6 is 0 Å². The van der Waals surface area contributed by atoms with E-state index in [1.807, 2.05) is 58.0 Å². The average Bonchev–Trinajstić information content (AvgIpc) is 2.36. The van der Waals surface area contributed by atoms with Gasteiger partial charge in [-0.15, -0.1) is 0 Å². The molecular weight excluding hydrogens is 254 g/mol. The Morgan fingerprint density at radius 3 is 2.30 bits per heavy atom. The second-order valence-corrected chi connectivity index (χ2v) is 5.78. The number of hydrogen-bond donors (Lipinski definition) is 1. The fourth-order valence-electron chi connectivity index (χ4n) is 1.92. The zero-order valence-electron chi connectivity index (χ0n) is 12.6. The summed E-state index contributed by atoms with van der Waals surface area (Å²) in [6.45, 7) is 7.33. The van der Waals surface area contributed by atoms with E-state index >= 15 is 0 Å². The van der Waals surface area contributed by atoms with E-state index in [1.54, 1.807) is 0 Å². The number of nitrogens with one attached hydrogen (secondary N) is 1. The topological polar surface area (TPSA) is 55.4 Å². The highest BCUT2D eigenvalue weighted by Crippen LogP contribution is 2.20. The largest absolute Gasteiger partial charge is 0.455 e. The van der Waals surface area contributed by atoms with Crippen molar-refractivity contribution >= 4 is 11.9 Å². The van der Waals surface area contributed by atoms with Crippen molar-refractivity contribution in [3.05, 3.63) is 35.9 Å². The van der Waals surface area contributed by atoms with Gasteiger partial charge in [0, 0.05) is 5.54 Å². The summed E-state index contributed by atoms with van der Waals surface area (Å²) in [5.41, 5.74) is 0.587. The molecule has 0 radical (unpaired) electrons. The SMILES string of the molecule is CC[C@H](C(=O)OCC(=O)NC(C)(C)C)c1ccccc1. The first kappa shape index (κ1) is 16.2. The van der Waals surface area contributed by atoms with E-state index in [9.17, 15) is 9.59 Å². The van der Waals surface area contributed by atoms with E-state index in [2.05, 4.69) is 5.32 Å². The lowest BCUT2D eigenvalue weighted by atomic mass is 9.97. The molecule has 0 aliphatic carbocycles. The first-order valence-electron chi connectivity index (χ1n) is 6.86. The maximum atomic E-state index is 12.0. The molecule has 0 bridgehead atoms. The lowest BCUT2D eigenvalue weighted by Gasteiger charge is -2.21. The van der Waals surface area contributed by atoms with Crippen LogP contribution in [0.15, 0.2) is 30.3 Å². The number of esters is 1. The van der Waals surface area contributed by atoms with E-state index in [0.717, 1.165) is 5.56 Å². The fourth-order valence-corrected chi connectivity index (χ4v) is 1.92. The Labute approximate surface area is 120 Å². The molecule has 1 rings (SSSR count). The fraction of sp³-hybridized carbons (Fsp3) is 0.500. The number of amides is 1. The Morgan fingerprint density at radius 1 is 1.20 bits per heavy atom. The molecule has 0 unspecified atom stereocenters. The third-order valence-corrected chi connectivity index (χ3v) is 2.75. The predicted molar refractivity (Wildman–Crippen MR) is 78.3 cm³/mol. The number of carbonyl (C=O) groups excluding carboxylic acids is 2. The monoisotopic (exact) mass is 277 g/mol. The van der Waals surface area contributed by atoms with Crippen molar-refractivity contribution in [1.82, 2.24) is 5.32 Å². The third kappa shape index (κ3) is 5.43. The van der Waals surface area contributed by atoms with Gasteiger partial charge in [0.25, 0.3) is 5.91 Å². The van der Waals surface area contributed by atoms with Gasteiger partial charge in [-0.25, -0.2) is 0 Å². The van der Waals surface area contributed by atoms with Crippen molar-refractivity contribution in [2.75, 3.05) is 6.61 Å². The molecule has 1 N–H and O–H groups in total. The molecule has 110 valence electrons. The van der Waals surface area contributed by atoms with Gasteiger partial charge in [0.05, 0.1) is 5.92 Å². The number of ether oxygens (including phenoxy) is 1. The average molecular weight is 277 g/mol. The molecule has 1 amide bonds. The molecule has 0 heterocycles. The maximum Gasteiger partial charge on any atom is 0.313 e. The van der Waals surface area contributed by atoms with Gasteiger partial charge in [0.2, 0.25) is 0 Å². The molecule has 20 heavy (non-hydrogen) atoms. The smallest absolute Gasteiger partial charge is 0.313 e. The van der Waals surface area contributed by atoms with Crippen molar-refractivity contribution in [2.45, 2.75) is 45.6 Å². The van der Waals surface area contributed by atoms with Crippen LogP contribution < -0.4 is 5.32 Å². The zero-order chi connectivity index (χ0) is 15.2. The molecule has 1 atom stereocenters. The van der Waals surface area contributed by atoms with Gasteiger partial charge in [0.1, 0.15) is 0 Å². The van der Waals surface area contributed by atoms with Gasteiger partial charge in [-0.2, -0.15) is 0 Å². The van der Waals surface area contributed by atoms with Crippen LogP contribution in [0, 0.1) is 0 Å². The summed E-state index contributed by atoms with van der Waals surface area (Å²) in [6, 6.07) is 9.46. The Kier molecular flexibility index (Phi) is 5.74. The van der Waals surface area contributed by atoms with Crippen LogP contribution in [0.25, 0.3) is 0 Å². The third-order valence-electron chi connectivity index (χ3n) is 2.75. The molecule has 0 aliphatic heterocycles. The van der Waals surface area contributed by atoms with Crippen LogP contribution in [0.5, 0.6) is 0 Å². The van der Waals surface area contributed by atoms with E-state index in [4.69, 9.17) is 4.74 Å². The van der Waals surface area contributed by atoms with Gasteiger partial charge in [-0.1, -0.05) is 37.3 Å². The van der Waals surface area contributed by atoms with Gasteiger partial charge in [0.15, 0.2) is 6.61 Å². The lowest BCUT2D eigenvalue weighted by Crippen LogP contribution is -2.43. The standard InChI is InChI=1S/C16H23NO3/c1-5-13(12-9-7-6-8-10-12)15(19)20-11-14(18)17-16(2,3)4/h6-10,13H,5,11H2,1-4H3,(H,17,18)/t13-/m0/s1. The molecule has 1 aromatic carbocycles. The summed E-state index contributed by atoms with van der Waals surface area (Å²) < 4.78 is 5.11. The highest BCUT2D eigenvalue weighted by molar-refractivity contribution is 5.83. The van der Waals surface area contributed by atoms with Gasteiger partial charge >= 0.3 is 5.97 Å². The Morgan fingerprint density at radius 2 is 1.80 bits per heavy atom. The molecule has 0 fully saturated rings. The van der Waals surface area contributed by atoms with Crippen LogP contribution in [0.4, 0.5) is 0 Å². The minimum Gasteiger partial charge on any atom is -0.455 e. The van der Waals surface area contributed by atoms with Crippen molar-refractivity contribution in [3.8, 4) is 0 Å². The number of carbonyl (C=O) groups is 2. The van der Waals surface area contributed by atoms with Crippen LogP contribution in [0.1, 0.15) is 45.6 Å². The Balaban J connectivity index is 2.55. The summed E-state index contributed by atoms with van der Waals surface area (Å²) >= 11 is 0. The van der Waals surface area contributed by atoms with Crippen molar-refractivity contribution in [2.24, 2.45) is 0 Å². The normalized spacial score (nSPS) is 12.6. The summed E-state index contributed by atoms with van der Waals surface area (Å²) in [5, 5.41) is 2.76. The second kappa shape index (κ2) is 7.08. The quantitative estimate of drug-likeness (QED) is 0.842. The molecular formula is C16H23NO3. The molecule has 0 aromatic heterocycles. The lowest BCUT2D eigenvalue weighted by molar-refractivity contribution is -0.150. The summed E-state index contributed by atoms with van der Waals surface area (Å²) in [7, 11) is 0. The minimum absolute atomic E-state index is 0.237. The highest BCUT2D eigenvalue weighted by Gasteiger charge is 2.21. The Hall–Kier alpha value is -1.84. The predicted octanol–water partition coefficient (Wildman–Crippen LogP) is 2.64. The van der Waals surface area contributed by atoms with Crippen LogP contribution in [0.2, 0.25) is 0 Å². The van der Waals surface area contributed by atoms with Crippen molar-refractivity contribution < 1.29 is 14.3 Å². The molecule has 0 spiro atoms. The summed E-state index contributed by atoms with van der Waals surface area (Å²) in [4.78, 5) is 23.7. The number of benzene rings is 1. The van der Waals surface area contributed by atoms with E-state index < -0.39 is 0 Å². The van der Waals surface area contributed by atoms with E-state index in [0.29, 0.717) is 6.42 Å². The minimum atomic E-state index is -0.359. The molecule has 0 saturated heterocycles. The zero-order valence-corrected chi connectivity index (χ0v) is 12.6.